The fourth-order valence-electron chi connectivity index (χ4n) is 3.44. The molecule has 0 saturated heterocycles. The van der Waals surface area contributed by atoms with Crippen LogP contribution in [0.3, 0.4) is 0 Å². The Morgan fingerprint density at radius 1 is 1.10 bits per heavy atom. The van der Waals surface area contributed by atoms with Gasteiger partial charge in [-0.2, -0.15) is 0 Å². The summed E-state index contributed by atoms with van der Waals surface area (Å²) >= 11 is 7.51. The van der Waals surface area contributed by atoms with Crippen LogP contribution < -0.4 is 4.74 Å². The first-order valence-electron chi connectivity index (χ1n) is 9.41. The summed E-state index contributed by atoms with van der Waals surface area (Å²) in [6.07, 6.45) is 4.68. The molecule has 1 aliphatic rings. The van der Waals surface area contributed by atoms with Crippen LogP contribution in [0, 0.1) is 0 Å². The highest BCUT2D eigenvalue weighted by atomic mass is 35.5. The van der Waals surface area contributed by atoms with Gasteiger partial charge in [0.15, 0.2) is 0 Å². The second-order valence-electron chi connectivity index (χ2n) is 7.11. The van der Waals surface area contributed by atoms with Gasteiger partial charge in [0.05, 0.1) is 18.5 Å². The van der Waals surface area contributed by atoms with Crippen LogP contribution in [0.5, 0.6) is 6.08 Å². The number of hydrogen-bond acceptors (Lipinski definition) is 7. The minimum atomic E-state index is 0.210. The first kappa shape index (κ1) is 19.1. The van der Waals surface area contributed by atoms with Crippen molar-refractivity contribution >= 4 is 23.4 Å². The van der Waals surface area contributed by atoms with E-state index in [4.69, 9.17) is 20.8 Å². The molecule has 1 fully saturated rings. The molecular weight excluding hydrogens is 422 g/mol. The van der Waals surface area contributed by atoms with Crippen LogP contribution in [0.25, 0.3) is 11.3 Å². The van der Waals surface area contributed by atoms with E-state index in [2.05, 4.69) is 44.4 Å². The van der Waals surface area contributed by atoms with Gasteiger partial charge in [-0.25, -0.2) is 9.97 Å². The van der Waals surface area contributed by atoms with Gasteiger partial charge in [0.1, 0.15) is 15.7 Å². The Hall–Kier alpha value is -2.84. The number of halogens is 1. The SMILES string of the molecule is COc1nnc([C@H]2C[C@@H]2c2ccc(-c3ncn(C)c3Sc3ccc(Cl)cn3)cc2)o1. The lowest BCUT2D eigenvalue weighted by Gasteiger charge is -2.07. The fraction of sp³-hybridized carbons (Fsp3) is 0.238. The van der Waals surface area contributed by atoms with Gasteiger partial charge in [0.2, 0.25) is 5.89 Å². The number of aryl methyl sites for hydroxylation is 1. The largest absolute Gasteiger partial charge is 0.452 e. The molecule has 5 rings (SSSR count). The third-order valence-electron chi connectivity index (χ3n) is 5.10. The lowest BCUT2D eigenvalue weighted by atomic mass is 10.1. The van der Waals surface area contributed by atoms with Gasteiger partial charge >= 0.3 is 6.08 Å². The van der Waals surface area contributed by atoms with Crippen molar-refractivity contribution in [3.63, 3.8) is 0 Å². The van der Waals surface area contributed by atoms with E-state index in [0.717, 1.165) is 27.7 Å². The van der Waals surface area contributed by atoms with E-state index in [-0.39, 0.29) is 12.0 Å². The van der Waals surface area contributed by atoms with Crippen LogP contribution in [-0.2, 0) is 7.05 Å². The molecule has 0 bridgehead atoms. The second kappa shape index (κ2) is 7.77. The molecule has 1 aromatic carbocycles. The van der Waals surface area contributed by atoms with Gasteiger partial charge in [-0.15, -0.1) is 5.10 Å². The first-order valence-corrected chi connectivity index (χ1v) is 10.6. The molecule has 0 spiro atoms. The number of benzene rings is 1. The Balaban J connectivity index is 1.34. The Morgan fingerprint density at radius 3 is 2.63 bits per heavy atom. The molecule has 0 amide bonds. The summed E-state index contributed by atoms with van der Waals surface area (Å²) in [4.78, 5) is 8.99. The van der Waals surface area contributed by atoms with Crippen molar-refractivity contribution in [3.05, 3.63) is 65.4 Å². The van der Waals surface area contributed by atoms with E-state index in [1.807, 2.05) is 30.1 Å². The monoisotopic (exact) mass is 439 g/mol. The van der Waals surface area contributed by atoms with Crippen LogP contribution in [0.1, 0.15) is 29.7 Å². The zero-order valence-corrected chi connectivity index (χ0v) is 17.9. The summed E-state index contributed by atoms with van der Waals surface area (Å²) in [7, 11) is 3.50. The topological polar surface area (TPSA) is 78.9 Å². The van der Waals surface area contributed by atoms with Crippen LogP contribution in [0.15, 0.2) is 63.4 Å². The van der Waals surface area contributed by atoms with Crippen LogP contribution in [-0.4, -0.2) is 31.8 Å². The lowest BCUT2D eigenvalue weighted by molar-refractivity contribution is 0.280. The summed E-state index contributed by atoms with van der Waals surface area (Å²) < 4.78 is 12.5. The van der Waals surface area contributed by atoms with E-state index < -0.39 is 0 Å². The zero-order chi connectivity index (χ0) is 20.7. The van der Waals surface area contributed by atoms with Crippen molar-refractivity contribution in [3.8, 4) is 17.3 Å². The summed E-state index contributed by atoms with van der Waals surface area (Å²) in [6, 6.07) is 12.3. The van der Waals surface area contributed by atoms with Gasteiger partial charge in [-0.1, -0.05) is 41.0 Å². The van der Waals surface area contributed by atoms with E-state index >= 15 is 0 Å². The van der Waals surface area contributed by atoms with Crippen LogP contribution in [0.2, 0.25) is 5.02 Å². The molecule has 0 radical (unpaired) electrons. The third-order valence-corrected chi connectivity index (χ3v) is 6.45. The molecule has 3 aromatic heterocycles. The highest BCUT2D eigenvalue weighted by Gasteiger charge is 2.43. The smallest absolute Gasteiger partial charge is 0.414 e. The average Bonchev–Trinajstić information content (AvgIpc) is 3.27. The second-order valence-corrected chi connectivity index (χ2v) is 8.55. The summed E-state index contributed by atoms with van der Waals surface area (Å²) in [5.74, 6) is 1.28. The van der Waals surface area contributed by atoms with Crippen molar-refractivity contribution in [2.45, 2.75) is 28.3 Å². The van der Waals surface area contributed by atoms with E-state index in [0.29, 0.717) is 16.8 Å². The molecule has 1 saturated carbocycles. The number of aromatic nitrogens is 5. The summed E-state index contributed by atoms with van der Waals surface area (Å²) in [5.41, 5.74) is 3.25. The highest BCUT2D eigenvalue weighted by molar-refractivity contribution is 7.99. The zero-order valence-electron chi connectivity index (χ0n) is 16.3. The minimum absolute atomic E-state index is 0.210. The van der Waals surface area contributed by atoms with Gasteiger partial charge < -0.3 is 13.7 Å². The van der Waals surface area contributed by atoms with Crippen molar-refractivity contribution in [2.75, 3.05) is 7.11 Å². The number of methoxy groups -OCH3 is 1. The summed E-state index contributed by atoms with van der Waals surface area (Å²) in [5, 5.41) is 10.5. The maximum atomic E-state index is 5.95. The molecule has 3 heterocycles. The molecule has 0 unspecified atom stereocenters. The number of ether oxygens (including phenoxy) is 1. The van der Waals surface area contributed by atoms with E-state index in [9.17, 15) is 0 Å². The maximum Gasteiger partial charge on any atom is 0.414 e. The predicted octanol–water partition coefficient (Wildman–Crippen LogP) is 4.95. The van der Waals surface area contributed by atoms with Gasteiger partial charge in [0.25, 0.3) is 0 Å². The number of hydrogen-bond donors (Lipinski definition) is 0. The highest BCUT2D eigenvalue weighted by Crippen LogP contribution is 2.54. The average molecular weight is 440 g/mol. The molecule has 0 N–H and O–H groups in total. The molecular formula is C21H18ClN5O2S. The minimum Gasteiger partial charge on any atom is -0.452 e. The third kappa shape index (κ3) is 3.68. The normalized spacial score (nSPS) is 17.8. The lowest BCUT2D eigenvalue weighted by Crippen LogP contribution is -1.91. The first-order chi connectivity index (χ1) is 14.6. The molecule has 9 heteroatoms. The number of pyridine rings is 1. The molecule has 1 aliphatic carbocycles. The van der Waals surface area contributed by atoms with Crippen molar-refractivity contribution < 1.29 is 9.15 Å². The van der Waals surface area contributed by atoms with Crippen molar-refractivity contribution in [1.29, 1.82) is 0 Å². The molecule has 152 valence electrons. The Morgan fingerprint density at radius 2 is 1.93 bits per heavy atom. The molecule has 7 nitrogen and oxygen atoms in total. The summed E-state index contributed by atoms with van der Waals surface area (Å²) in [6.45, 7) is 0. The maximum absolute atomic E-state index is 5.95. The number of nitrogens with zero attached hydrogens (tertiary/aromatic N) is 5. The van der Waals surface area contributed by atoms with Crippen molar-refractivity contribution in [1.82, 2.24) is 24.7 Å². The predicted molar refractivity (Wildman–Crippen MR) is 113 cm³/mol. The van der Waals surface area contributed by atoms with Gasteiger partial charge in [0, 0.05) is 24.7 Å². The number of rotatable bonds is 6. The molecule has 0 aliphatic heterocycles. The van der Waals surface area contributed by atoms with E-state index in [1.54, 1.807) is 18.0 Å². The van der Waals surface area contributed by atoms with Gasteiger partial charge in [-0.05, 0) is 41.8 Å². The van der Waals surface area contributed by atoms with Crippen LogP contribution in [0.4, 0.5) is 0 Å². The standard InChI is InChI=1S/C21H18ClN5O2S/c1-27-11-24-18(20(27)30-17-8-7-14(22)10-23-17)13-5-3-12(4-6-13)15-9-16(15)19-25-26-21(28-2)29-19/h3-8,10-11,15-16H,9H2,1-2H3/t15-,16+/m1/s1. The van der Waals surface area contributed by atoms with Gasteiger partial charge in [-0.3, -0.25) is 0 Å². The Bertz CT molecular complexity index is 1170. The molecule has 4 aromatic rings. The van der Waals surface area contributed by atoms with E-state index in [1.165, 1.54) is 12.7 Å². The van der Waals surface area contributed by atoms with Crippen molar-refractivity contribution in [2.24, 2.45) is 7.05 Å². The molecule has 30 heavy (non-hydrogen) atoms. The molecule has 2 atom stereocenters. The quantitative estimate of drug-likeness (QED) is 0.420. The fourth-order valence-corrected chi connectivity index (χ4v) is 4.45. The van der Waals surface area contributed by atoms with Crippen LogP contribution >= 0.6 is 23.4 Å². The Labute approximate surface area is 182 Å². The number of imidazole rings is 1. The Kier molecular flexibility index (Phi) is 4.96.